The van der Waals surface area contributed by atoms with Crippen molar-refractivity contribution in [2.75, 3.05) is 0 Å². The fourth-order valence-electron chi connectivity index (χ4n) is 4.00. The van der Waals surface area contributed by atoms with Crippen molar-refractivity contribution in [1.29, 1.82) is 0 Å². The first-order valence-corrected chi connectivity index (χ1v) is 10.1. The molecule has 1 aromatic carbocycles. The molecule has 1 fully saturated rings. The molecule has 4 rings (SSSR count). The average molecular weight is 432 g/mol. The fraction of sp³-hybridized carbons (Fsp3) is 0.318. The summed E-state index contributed by atoms with van der Waals surface area (Å²) in [5.41, 5.74) is -0.517. The van der Waals surface area contributed by atoms with Gasteiger partial charge < -0.3 is 10.4 Å². The molecule has 1 aliphatic carbocycles. The van der Waals surface area contributed by atoms with Gasteiger partial charge in [0.1, 0.15) is 17.7 Å². The average Bonchev–Trinajstić information content (AvgIpc) is 2.76. The molecule has 0 aliphatic heterocycles. The summed E-state index contributed by atoms with van der Waals surface area (Å²) in [7, 11) is 0. The number of hydrogen-bond acceptors (Lipinski definition) is 4. The SMILES string of the molecule is O=C(NC(c1cccc(F)c1Cl)[C@]1(O)CC[C@@H](F)CC1)c1nccc2ncccc12. The predicted octanol–water partition coefficient (Wildman–Crippen LogP) is 4.54. The molecule has 156 valence electrons. The van der Waals surface area contributed by atoms with Gasteiger partial charge in [0.2, 0.25) is 0 Å². The third-order valence-corrected chi connectivity index (χ3v) is 6.03. The zero-order chi connectivity index (χ0) is 21.3. The molecular formula is C22H20ClF2N3O2. The van der Waals surface area contributed by atoms with Crippen molar-refractivity contribution >= 4 is 28.4 Å². The number of hydrogen-bond donors (Lipinski definition) is 2. The van der Waals surface area contributed by atoms with Crippen LogP contribution in [0.15, 0.2) is 48.8 Å². The summed E-state index contributed by atoms with van der Waals surface area (Å²) in [6.45, 7) is 0. The topological polar surface area (TPSA) is 75.1 Å². The molecule has 1 aliphatic rings. The van der Waals surface area contributed by atoms with E-state index in [0.29, 0.717) is 10.9 Å². The Balaban J connectivity index is 1.74. The Kier molecular flexibility index (Phi) is 5.66. The molecule has 0 spiro atoms. The summed E-state index contributed by atoms with van der Waals surface area (Å²) in [5.74, 6) is -1.22. The Labute approximate surface area is 177 Å². The van der Waals surface area contributed by atoms with E-state index in [9.17, 15) is 18.7 Å². The number of nitrogens with one attached hydrogen (secondary N) is 1. The van der Waals surface area contributed by atoms with Crippen LogP contribution in [0.25, 0.3) is 10.9 Å². The summed E-state index contributed by atoms with van der Waals surface area (Å²) in [6, 6.07) is 8.27. The quantitative estimate of drug-likeness (QED) is 0.636. The van der Waals surface area contributed by atoms with E-state index in [-0.39, 0.29) is 42.0 Å². The van der Waals surface area contributed by atoms with E-state index >= 15 is 0 Å². The van der Waals surface area contributed by atoms with Crippen LogP contribution in [0.3, 0.4) is 0 Å². The van der Waals surface area contributed by atoms with Crippen molar-refractivity contribution in [2.24, 2.45) is 0 Å². The minimum absolute atomic E-state index is 0.108. The molecule has 0 bridgehead atoms. The van der Waals surface area contributed by atoms with E-state index < -0.39 is 29.5 Å². The Bertz CT molecular complexity index is 1080. The number of rotatable bonds is 4. The van der Waals surface area contributed by atoms with Gasteiger partial charge in [0.25, 0.3) is 5.91 Å². The lowest BCUT2D eigenvalue weighted by atomic mass is 9.76. The van der Waals surface area contributed by atoms with Crippen molar-refractivity contribution < 1.29 is 18.7 Å². The number of carbonyl (C=O) groups excluding carboxylic acids is 1. The van der Waals surface area contributed by atoms with E-state index in [1.807, 2.05) is 0 Å². The van der Waals surface area contributed by atoms with Gasteiger partial charge in [-0.3, -0.25) is 14.8 Å². The largest absolute Gasteiger partial charge is 0.387 e. The smallest absolute Gasteiger partial charge is 0.271 e. The molecule has 0 saturated heterocycles. The van der Waals surface area contributed by atoms with Crippen molar-refractivity contribution in [3.05, 3.63) is 70.9 Å². The van der Waals surface area contributed by atoms with E-state index in [0.717, 1.165) is 0 Å². The van der Waals surface area contributed by atoms with Crippen LogP contribution in [-0.2, 0) is 0 Å². The van der Waals surface area contributed by atoms with Gasteiger partial charge in [-0.2, -0.15) is 0 Å². The second-order valence-corrected chi connectivity index (χ2v) is 7.94. The number of halogens is 3. The third kappa shape index (κ3) is 3.87. The van der Waals surface area contributed by atoms with Crippen molar-refractivity contribution in [1.82, 2.24) is 15.3 Å². The number of benzene rings is 1. The molecule has 2 heterocycles. The van der Waals surface area contributed by atoms with Crippen molar-refractivity contribution in [3.8, 4) is 0 Å². The molecule has 5 nitrogen and oxygen atoms in total. The molecule has 2 aromatic heterocycles. The Hall–Kier alpha value is -2.64. The van der Waals surface area contributed by atoms with Gasteiger partial charge in [0.05, 0.1) is 22.2 Å². The number of fused-ring (bicyclic) bond motifs is 1. The van der Waals surface area contributed by atoms with Crippen LogP contribution >= 0.6 is 11.6 Å². The highest BCUT2D eigenvalue weighted by molar-refractivity contribution is 6.31. The minimum atomic E-state index is -1.47. The van der Waals surface area contributed by atoms with Gasteiger partial charge in [-0.15, -0.1) is 0 Å². The second-order valence-electron chi connectivity index (χ2n) is 7.56. The van der Waals surface area contributed by atoms with E-state index in [1.54, 1.807) is 30.5 Å². The van der Waals surface area contributed by atoms with E-state index in [2.05, 4.69) is 15.3 Å². The number of nitrogens with zero attached hydrogens (tertiary/aromatic N) is 2. The first kappa shape index (κ1) is 20.6. The number of carbonyl (C=O) groups is 1. The fourth-order valence-corrected chi connectivity index (χ4v) is 4.23. The van der Waals surface area contributed by atoms with Gasteiger partial charge in [-0.1, -0.05) is 23.7 Å². The molecule has 0 radical (unpaired) electrons. The van der Waals surface area contributed by atoms with Crippen LogP contribution in [0.4, 0.5) is 8.78 Å². The molecule has 1 saturated carbocycles. The standard InChI is InChI=1S/C22H20ClF2N3O2/c23-18-15(3-1-5-16(18)25)20(22(30)9-6-13(24)7-10-22)28-21(29)19-14-4-2-11-26-17(14)8-12-27-19/h1-5,8,11-13,20,30H,6-7,9-10H2,(H,28,29)/t13-,20?,22+. The normalized spacial score (nSPS) is 22.6. The Morgan fingerprint density at radius 3 is 2.70 bits per heavy atom. The maximum absolute atomic E-state index is 14.2. The lowest BCUT2D eigenvalue weighted by molar-refractivity contribution is -0.0446. The van der Waals surface area contributed by atoms with Crippen LogP contribution in [0, 0.1) is 5.82 Å². The van der Waals surface area contributed by atoms with E-state index in [4.69, 9.17) is 11.6 Å². The van der Waals surface area contributed by atoms with Gasteiger partial charge in [-0.25, -0.2) is 8.78 Å². The third-order valence-electron chi connectivity index (χ3n) is 5.63. The Morgan fingerprint density at radius 2 is 1.93 bits per heavy atom. The number of alkyl halides is 1. The van der Waals surface area contributed by atoms with Crippen LogP contribution in [0.2, 0.25) is 5.02 Å². The summed E-state index contributed by atoms with van der Waals surface area (Å²) in [6.07, 6.45) is 2.57. The van der Waals surface area contributed by atoms with Gasteiger partial charge in [0.15, 0.2) is 0 Å². The minimum Gasteiger partial charge on any atom is -0.387 e. The molecular weight excluding hydrogens is 412 g/mol. The summed E-state index contributed by atoms with van der Waals surface area (Å²) in [5, 5.41) is 14.5. The molecule has 30 heavy (non-hydrogen) atoms. The summed E-state index contributed by atoms with van der Waals surface area (Å²) in [4.78, 5) is 21.6. The highest BCUT2D eigenvalue weighted by atomic mass is 35.5. The zero-order valence-corrected chi connectivity index (χ0v) is 16.7. The van der Waals surface area contributed by atoms with Crippen LogP contribution in [-0.4, -0.2) is 32.8 Å². The molecule has 3 aromatic rings. The molecule has 2 N–H and O–H groups in total. The maximum atomic E-state index is 14.2. The summed E-state index contributed by atoms with van der Waals surface area (Å²) >= 11 is 6.19. The van der Waals surface area contributed by atoms with Crippen LogP contribution in [0.1, 0.15) is 47.8 Å². The van der Waals surface area contributed by atoms with Crippen molar-refractivity contribution in [3.63, 3.8) is 0 Å². The molecule has 8 heteroatoms. The number of aromatic nitrogens is 2. The number of pyridine rings is 2. The first-order chi connectivity index (χ1) is 14.4. The lowest BCUT2D eigenvalue weighted by Crippen LogP contribution is -2.48. The predicted molar refractivity (Wildman–Crippen MR) is 109 cm³/mol. The summed E-state index contributed by atoms with van der Waals surface area (Å²) < 4.78 is 27.9. The van der Waals surface area contributed by atoms with Gasteiger partial charge in [0, 0.05) is 17.8 Å². The highest BCUT2D eigenvalue weighted by Crippen LogP contribution is 2.42. The zero-order valence-electron chi connectivity index (χ0n) is 16.0. The first-order valence-electron chi connectivity index (χ1n) is 9.70. The lowest BCUT2D eigenvalue weighted by Gasteiger charge is -2.41. The van der Waals surface area contributed by atoms with Crippen molar-refractivity contribution in [2.45, 2.75) is 43.5 Å². The monoisotopic (exact) mass is 431 g/mol. The van der Waals surface area contributed by atoms with Crippen LogP contribution < -0.4 is 5.32 Å². The molecule has 1 atom stereocenters. The number of aliphatic hydroxyl groups is 1. The number of amides is 1. The molecule has 1 unspecified atom stereocenters. The second kappa shape index (κ2) is 8.24. The van der Waals surface area contributed by atoms with Gasteiger partial charge >= 0.3 is 0 Å². The van der Waals surface area contributed by atoms with E-state index in [1.165, 1.54) is 18.3 Å². The highest BCUT2D eigenvalue weighted by Gasteiger charge is 2.43. The Morgan fingerprint density at radius 1 is 1.17 bits per heavy atom. The van der Waals surface area contributed by atoms with Crippen LogP contribution in [0.5, 0.6) is 0 Å². The van der Waals surface area contributed by atoms with Gasteiger partial charge in [-0.05, 0) is 55.5 Å². The maximum Gasteiger partial charge on any atom is 0.271 e. The molecule has 1 amide bonds.